The van der Waals surface area contributed by atoms with Crippen LogP contribution in [-0.4, -0.2) is 8.07 Å². The van der Waals surface area contributed by atoms with Gasteiger partial charge >= 0.3 is 0 Å². The molecule has 0 aliphatic carbocycles. The molecule has 0 spiro atoms. The average Bonchev–Trinajstić information content (AvgIpc) is 1.59. The summed E-state index contributed by atoms with van der Waals surface area (Å²) in [6.07, 6.45) is 1.00. The smallest absolute Gasteiger partial charge is 0.129 e. The minimum atomic E-state index is -1.04. The second kappa shape index (κ2) is 2.94. The van der Waals surface area contributed by atoms with E-state index in [0.717, 1.165) is 6.42 Å². The van der Waals surface area contributed by atoms with Crippen molar-refractivity contribution in [3.63, 3.8) is 0 Å². The maximum Gasteiger partial charge on any atom is 0.129 e. The summed E-state index contributed by atoms with van der Waals surface area (Å²) in [5, 5.41) is 0. The van der Waals surface area contributed by atoms with Crippen molar-refractivity contribution >= 4 is 8.07 Å². The Balaban J connectivity index is 3.69. The largest absolute Gasteiger partial charge is 0.132 e. The van der Waals surface area contributed by atoms with Crippen LogP contribution in [-0.2, 0) is 0 Å². The van der Waals surface area contributed by atoms with Crippen molar-refractivity contribution in [1.29, 1.82) is 0 Å². The molecule has 0 aromatic rings. The highest BCUT2D eigenvalue weighted by atomic mass is 28.3. The second-order valence-electron chi connectivity index (χ2n) is 2.91. The Morgan fingerprint density at radius 3 is 1.88 bits per heavy atom. The molecule has 0 atom stereocenters. The van der Waals surface area contributed by atoms with E-state index in [2.05, 4.69) is 38.0 Å². The van der Waals surface area contributed by atoms with E-state index in [0.29, 0.717) is 0 Å². The summed E-state index contributed by atoms with van der Waals surface area (Å²) >= 11 is 0. The predicted octanol–water partition coefficient (Wildman–Crippen LogP) is 2.28. The Morgan fingerprint density at radius 1 is 1.25 bits per heavy atom. The highest BCUT2D eigenvalue weighted by Gasteiger charge is 2.06. The summed E-state index contributed by atoms with van der Waals surface area (Å²) in [7, 11) is -1.04. The minimum absolute atomic E-state index is 1.00. The first-order chi connectivity index (χ1) is 3.56. The lowest BCUT2D eigenvalue weighted by molar-refractivity contribution is 1.28. The van der Waals surface area contributed by atoms with Crippen LogP contribution < -0.4 is 0 Å². The zero-order valence-electron chi connectivity index (χ0n) is 6.21. The van der Waals surface area contributed by atoms with Crippen LogP contribution in [0.1, 0.15) is 13.3 Å². The Morgan fingerprint density at radius 2 is 1.75 bits per heavy atom. The summed E-state index contributed by atoms with van der Waals surface area (Å²) in [4.78, 5) is 0. The molecule has 0 aromatic heterocycles. The lowest BCUT2D eigenvalue weighted by atomic mass is 10.5. The van der Waals surface area contributed by atoms with E-state index in [1.807, 2.05) is 0 Å². The predicted molar refractivity (Wildman–Crippen MR) is 41.4 cm³/mol. The van der Waals surface area contributed by atoms with Crippen LogP contribution in [0, 0.1) is 11.5 Å². The van der Waals surface area contributed by atoms with Crippen molar-refractivity contribution in [3.05, 3.63) is 0 Å². The molecule has 0 heterocycles. The lowest BCUT2D eigenvalue weighted by Gasteiger charge is -2.02. The van der Waals surface area contributed by atoms with Crippen LogP contribution in [0.5, 0.6) is 0 Å². The van der Waals surface area contributed by atoms with E-state index >= 15 is 0 Å². The van der Waals surface area contributed by atoms with E-state index in [4.69, 9.17) is 0 Å². The van der Waals surface area contributed by atoms with E-state index in [1.165, 1.54) is 0 Å². The van der Waals surface area contributed by atoms with Gasteiger partial charge in [-0.2, -0.15) is 0 Å². The average molecular weight is 126 g/mol. The third-order valence-electron chi connectivity index (χ3n) is 0.640. The molecule has 0 aliphatic rings. The van der Waals surface area contributed by atoms with Crippen molar-refractivity contribution < 1.29 is 0 Å². The highest BCUT2D eigenvalue weighted by molar-refractivity contribution is 6.83. The van der Waals surface area contributed by atoms with Crippen LogP contribution in [0.4, 0.5) is 0 Å². The molecule has 0 rings (SSSR count). The molecule has 1 heteroatoms. The van der Waals surface area contributed by atoms with Gasteiger partial charge in [-0.25, -0.2) is 0 Å². The van der Waals surface area contributed by atoms with Gasteiger partial charge in [-0.1, -0.05) is 26.6 Å². The maximum atomic E-state index is 3.26. The molecule has 0 unspecified atom stereocenters. The molecule has 0 aromatic carbocycles. The molecule has 0 radical (unpaired) electrons. The molecule has 0 saturated carbocycles. The van der Waals surface area contributed by atoms with Gasteiger partial charge < -0.3 is 0 Å². The molecule has 0 amide bonds. The molecule has 0 nitrogen and oxygen atoms in total. The second-order valence-corrected chi connectivity index (χ2v) is 7.66. The topological polar surface area (TPSA) is 0 Å². The van der Waals surface area contributed by atoms with Crippen LogP contribution in [0.3, 0.4) is 0 Å². The SMILES string of the molecule is CCC#C[Si](C)(C)C. The molecular weight excluding hydrogens is 112 g/mol. The summed E-state index contributed by atoms with van der Waals surface area (Å²) in [6.45, 7) is 8.87. The van der Waals surface area contributed by atoms with E-state index in [9.17, 15) is 0 Å². The molecule has 0 aliphatic heterocycles. The monoisotopic (exact) mass is 126 g/mol. The van der Waals surface area contributed by atoms with Gasteiger partial charge in [-0.05, 0) is 0 Å². The van der Waals surface area contributed by atoms with E-state index in [-0.39, 0.29) is 0 Å². The fourth-order valence-electron chi connectivity index (χ4n) is 0.354. The van der Waals surface area contributed by atoms with Gasteiger partial charge in [0.05, 0.1) is 0 Å². The quantitative estimate of drug-likeness (QED) is 0.345. The standard InChI is InChI=1S/C7H14Si/c1-5-6-7-8(2,3)4/h5H2,1-4H3. The van der Waals surface area contributed by atoms with Crippen molar-refractivity contribution in [3.8, 4) is 11.5 Å². The molecule has 0 saturated heterocycles. The van der Waals surface area contributed by atoms with Crippen LogP contribution in [0.2, 0.25) is 19.6 Å². The maximum absolute atomic E-state index is 3.26. The molecule has 0 N–H and O–H groups in total. The van der Waals surface area contributed by atoms with Crippen LogP contribution in [0.15, 0.2) is 0 Å². The fourth-order valence-corrected chi connectivity index (χ4v) is 1.06. The third kappa shape index (κ3) is 5.78. The lowest BCUT2D eigenvalue weighted by Crippen LogP contribution is -2.16. The van der Waals surface area contributed by atoms with Crippen LogP contribution in [0.25, 0.3) is 0 Å². The zero-order valence-corrected chi connectivity index (χ0v) is 7.21. The number of rotatable bonds is 0. The van der Waals surface area contributed by atoms with Gasteiger partial charge in [-0.15, -0.1) is 11.5 Å². The molecule has 0 fully saturated rings. The molecule has 0 bridgehead atoms. The Hall–Kier alpha value is -0.223. The Bertz CT molecular complexity index is 109. The van der Waals surface area contributed by atoms with Crippen molar-refractivity contribution in [2.45, 2.75) is 33.0 Å². The molecule has 8 heavy (non-hydrogen) atoms. The first-order valence-corrected chi connectivity index (χ1v) is 6.56. The first kappa shape index (κ1) is 7.78. The van der Waals surface area contributed by atoms with Gasteiger partial charge in [0, 0.05) is 6.42 Å². The van der Waals surface area contributed by atoms with Gasteiger partial charge in [0.25, 0.3) is 0 Å². The van der Waals surface area contributed by atoms with E-state index < -0.39 is 8.07 Å². The van der Waals surface area contributed by atoms with Crippen molar-refractivity contribution in [1.82, 2.24) is 0 Å². The third-order valence-corrected chi connectivity index (χ3v) is 1.57. The normalized spacial score (nSPS) is 10.0. The van der Waals surface area contributed by atoms with E-state index in [1.54, 1.807) is 0 Å². The Kier molecular flexibility index (Phi) is 2.85. The van der Waals surface area contributed by atoms with Gasteiger partial charge in [0.1, 0.15) is 8.07 Å². The number of hydrogen-bond acceptors (Lipinski definition) is 0. The van der Waals surface area contributed by atoms with Gasteiger partial charge in [0.2, 0.25) is 0 Å². The fraction of sp³-hybridized carbons (Fsp3) is 0.714. The van der Waals surface area contributed by atoms with Gasteiger partial charge in [0.15, 0.2) is 0 Å². The van der Waals surface area contributed by atoms with Crippen molar-refractivity contribution in [2.24, 2.45) is 0 Å². The first-order valence-electron chi connectivity index (χ1n) is 3.06. The van der Waals surface area contributed by atoms with Crippen LogP contribution >= 0.6 is 0 Å². The summed E-state index contributed by atoms with van der Waals surface area (Å²) in [6, 6.07) is 0. The van der Waals surface area contributed by atoms with Gasteiger partial charge in [-0.3, -0.25) is 0 Å². The summed E-state index contributed by atoms with van der Waals surface area (Å²) in [5.41, 5.74) is 3.26. The summed E-state index contributed by atoms with van der Waals surface area (Å²) < 4.78 is 0. The number of hydrogen-bond donors (Lipinski definition) is 0. The minimum Gasteiger partial charge on any atom is -0.132 e. The highest BCUT2D eigenvalue weighted by Crippen LogP contribution is 1.95. The molecule has 46 valence electrons. The summed E-state index contributed by atoms with van der Waals surface area (Å²) in [5.74, 6) is 3.10. The molecular formula is C7H14Si. The zero-order chi connectivity index (χ0) is 6.62. The van der Waals surface area contributed by atoms with Crippen molar-refractivity contribution in [2.75, 3.05) is 0 Å². The Labute approximate surface area is 53.3 Å².